The first kappa shape index (κ1) is 8.53. The normalized spacial score (nSPS) is 32.7. The first-order chi connectivity index (χ1) is 6.20. The molecule has 0 aromatic carbocycles. The van der Waals surface area contributed by atoms with Crippen LogP contribution in [-0.4, -0.2) is 29.0 Å². The van der Waals surface area contributed by atoms with Crippen molar-refractivity contribution in [2.24, 2.45) is 0 Å². The van der Waals surface area contributed by atoms with E-state index in [1.807, 2.05) is 0 Å². The van der Waals surface area contributed by atoms with Crippen molar-refractivity contribution in [2.75, 3.05) is 0 Å². The maximum absolute atomic E-state index is 11.3. The smallest absolute Gasteiger partial charge is 0.417 e. The van der Waals surface area contributed by atoms with Gasteiger partial charge in [-0.05, 0) is 19.3 Å². The number of carbonyl (C=O) groups excluding carboxylic acids is 2. The van der Waals surface area contributed by atoms with Gasteiger partial charge in [-0.1, -0.05) is 6.42 Å². The summed E-state index contributed by atoms with van der Waals surface area (Å²) in [6, 6.07) is 0.0127. The van der Waals surface area contributed by atoms with Crippen LogP contribution >= 0.6 is 0 Å². The highest BCUT2D eigenvalue weighted by Gasteiger charge is 2.44. The minimum atomic E-state index is -0.454. The molecule has 0 aromatic heterocycles. The van der Waals surface area contributed by atoms with E-state index in [1.165, 1.54) is 11.8 Å². The summed E-state index contributed by atoms with van der Waals surface area (Å²) < 4.78 is 5.11. The van der Waals surface area contributed by atoms with Crippen LogP contribution in [0.15, 0.2) is 0 Å². The molecule has 0 spiro atoms. The molecule has 4 heteroatoms. The fourth-order valence-corrected chi connectivity index (χ4v) is 2.19. The van der Waals surface area contributed by atoms with Gasteiger partial charge in [0.15, 0.2) is 0 Å². The Balaban J connectivity index is 2.18. The minimum Gasteiger partial charge on any atom is -0.444 e. The Morgan fingerprint density at radius 2 is 2.15 bits per heavy atom. The molecule has 72 valence electrons. The van der Waals surface area contributed by atoms with E-state index in [0.29, 0.717) is 0 Å². The van der Waals surface area contributed by atoms with Crippen LogP contribution < -0.4 is 0 Å². The number of fused-ring (bicyclic) bond motifs is 1. The molecule has 13 heavy (non-hydrogen) atoms. The molecule has 2 unspecified atom stereocenters. The minimum absolute atomic E-state index is 0.0127. The Kier molecular flexibility index (Phi) is 1.98. The monoisotopic (exact) mass is 183 g/mol. The lowest BCUT2D eigenvalue weighted by Crippen LogP contribution is -2.41. The van der Waals surface area contributed by atoms with Crippen molar-refractivity contribution in [3.8, 4) is 0 Å². The summed E-state index contributed by atoms with van der Waals surface area (Å²) in [5, 5.41) is 0. The average molecular weight is 183 g/mol. The van der Waals surface area contributed by atoms with Crippen molar-refractivity contribution in [1.29, 1.82) is 0 Å². The van der Waals surface area contributed by atoms with Crippen molar-refractivity contribution < 1.29 is 14.3 Å². The first-order valence-corrected chi connectivity index (χ1v) is 4.70. The van der Waals surface area contributed by atoms with Crippen LogP contribution in [0, 0.1) is 0 Å². The van der Waals surface area contributed by atoms with Crippen LogP contribution in [0.5, 0.6) is 0 Å². The summed E-state index contributed by atoms with van der Waals surface area (Å²) >= 11 is 0. The van der Waals surface area contributed by atoms with Crippen molar-refractivity contribution in [3.63, 3.8) is 0 Å². The van der Waals surface area contributed by atoms with Crippen LogP contribution in [0.2, 0.25) is 0 Å². The summed E-state index contributed by atoms with van der Waals surface area (Å²) in [5.74, 6) is -0.195. The molecule has 0 aromatic rings. The molecule has 1 saturated heterocycles. The third-order valence-electron chi connectivity index (χ3n) is 2.79. The third-order valence-corrected chi connectivity index (χ3v) is 2.79. The second-order valence-electron chi connectivity index (χ2n) is 3.66. The zero-order valence-corrected chi connectivity index (χ0v) is 7.66. The van der Waals surface area contributed by atoms with Crippen LogP contribution in [0.1, 0.15) is 32.6 Å². The summed E-state index contributed by atoms with van der Waals surface area (Å²) in [7, 11) is 0. The van der Waals surface area contributed by atoms with Gasteiger partial charge >= 0.3 is 6.09 Å². The lowest BCUT2D eigenvalue weighted by molar-refractivity contribution is -0.127. The predicted molar refractivity (Wildman–Crippen MR) is 45.0 cm³/mol. The number of nitrogens with zero attached hydrogens (tertiary/aromatic N) is 1. The van der Waals surface area contributed by atoms with Crippen molar-refractivity contribution >= 4 is 12.0 Å². The van der Waals surface area contributed by atoms with Crippen molar-refractivity contribution in [2.45, 2.75) is 44.8 Å². The number of ether oxygens (including phenoxy) is 1. The van der Waals surface area contributed by atoms with Gasteiger partial charge < -0.3 is 4.74 Å². The number of amides is 2. The van der Waals surface area contributed by atoms with E-state index in [4.69, 9.17) is 4.74 Å². The molecule has 1 aliphatic carbocycles. The lowest BCUT2D eigenvalue weighted by atomic mass is 9.92. The van der Waals surface area contributed by atoms with Gasteiger partial charge in [-0.3, -0.25) is 4.79 Å². The first-order valence-electron chi connectivity index (χ1n) is 4.70. The molecule has 1 saturated carbocycles. The molecule has 0 bridgehead atoms. The van der Waals surface area contributed by atoms with E-state index in [1.54, 1.807) is 0 Å². The zero-order valence-electron chi connectivity index (χ0n) is 7.66. The van der Waals surface area contributed by atoms with E-state index in [-0.39, 0.29) is 18.1 Å². The van der Waals surface area contributed by atoms with Crippen LogP contribution in [0.3, 0.4) is 0 Å². The summed E-state index contributed by atoms with van der Waals surface area (Å²) in [5.41, 5.74) is 0. The van der Waals surface area contributed by atoms with Gasteiger partial charge in [0.05, 0.1) is 6.04 Å². The predicted octanol–water partition coefficient (Wildman–Crippen LogP) is 1.30. The van der Waals surface area contributed by atoms with E-state index in [2.05, 4.69) is 0 Å². The standard InChI is InChI=1S/C9H13NO3/c1-6(11)10-7-4-2-3-5-8(7)13-9(10)12/h7-8H,2-5H2,1H3. The highest BCUT2D eigenvalue weighted by Crippen LogP contribution is 2.31. The Hall–Kier alpha value is -1.06. The number of hydrogen-bond donors (Lipinski definition) is 0. The Morgan fingerprint density at radius 3 is 2.85 bits per heavy atom. The van der Waals surface area contributed by atoms with E-state index in [0.717, 1.165) is 25.7 Å². The molecule has 2 aliphatic rings. The molecule has 0 N–H and O–H groups in total. The molecular formula is C9H13NO3. The number of imide groups is 1. The van der Waals surface area contributed by atoms with E-state index < -0.39 is 6.09 Å². The second kappa shape index (κ2) is 3.01. The lowest BCUT2D eigenvalue weighted by Gasteiger charge is -2.25. The largest absolute Gasteiger partial charge is 0.444 e. The van der Waals surface area contributed by atoms with Gasteiger partial charge in [0.1, 0.15) is 6.10 Å². The molecule has 2 rings (SSSR count). The maximum atomic E-state index is 11.3. The molecule has 1 heterocycles. The summed E-state index contributed by atoms with van der Waals surface area (Å²) in [6.07, 6.45) is 3.49. The highest BCUT2D eigenvalue weighted by molar-refractivity contribution is 5.92. The van der Waals surface area contributed by atoms with E-state index in [9.17, 15) is 9.59 Å². The molecular weight excluding hydrogens is 170 g/mol. The van der Waals surface area contributed by atoms with Crippen LogP contribution in [-0.2, 0) is 9.53 Å². The average Bonchev–Trinajstić information content (AvgIpc) is 2.39. The Morgan fingerprint density at radius 1 is 1.46 bits per heavy atom. The van der Waals surface area contributed by atoms with Gasteiger partial charge in [-0.25, -0.2) is 9.69 Å². The summed E-state index contributed by atoms with van der Waals surface area (Å²) in [6.45, 7) is 1.41. The highest BCUT2D eigenvalue weighted by atomic mass is 16.6. The van der Waals surface area contributed by atoms with Gasteiger partial charge in [0.25, 0.3) is 0 Å². The van der Waals surface area contributed by atoms with Crippen LogP contribution in [0.25, 0.3) is 0 Å². The fraction of sp³-hybridized carbons (Fsp3) is 0.778. The Bertz CT molecular complexity index is 251. The third kappa shape index (κ3) is 1.30. The Labute approximate surface area is 76.8 Å². The van der Waals surface area contributed by atoms with Gasteiger partial charge in [0, 0.05) is 6.92 Å². The molecule has 2 fully saturated rings. The van der Waals surface area contributed by atoms with Gasteiger partial charge in [-0.2, -0.15) is 0 Å². The zero-order chi connectivity index (χ0) is 9.42. The molecule has 2 amide bonds. The summed E-state index contributed by atoms with van der Waals surface area (Å²) in [4.78, 5) is 23.7. The topological polar surface area (TPSA) is 46.6 Å². The molecule has 0 radical (unpaired) electrons. The number of rotatable bonds is 0. The van der Waals surface area contributed by atoms with Crippen molar-refractivity contribution in [1.82, 2.24) is 4.90 Å². The van der Waals surface area contributed by atoms with E-state index >= 15 is 0 Å². The number of hydrogen-bond acceptors (Lipinski definition) is 3. The SMILES string of the molecule is CC(=O)N1C(=O)OC2CCCCC21. The molecule has 2 atom stereocenters. The molecule has 1 aliphatic heterocycles. The maximum Gasteiger partial charge on any atom is 0.417 e. The second-order valence-corrected chi connectivity index (χ2v) is 3.66. The van der Waals surface area contributed by atoms with Crippen molar-refractivity contribution in [3.05, 3.63) is 0 Å². The quantitative estimate of drug-likeness (QED) is 0.568. The fourth-order valence-electron chi connectivity index (χ4n) is 2.19. The van der Waals surface area contributed by atoms with Gasteiger partial charge in [0.2, 0.25) is 5.91 Å². The number of carbonyl (C=O) groups is 2. The molecule has 4 nitrogen and oxygen atoms in total. The van der Waals surface area contributed by atoms with Gasteiger partial charge in [-0.15, -0.1) is 0 Å². The van der Waals surface area contributed by atoms with Crippen LogP contribution in [0.4, 0.5) is 4.79 Å².